The van der Waals surface area contributed by atoms with Crippen LogP contribution >= 0.6 is 0 Å². The van der Waals surface area contributed by atoms with Gasteiger partial charge < -0.3 is 29.2 Å². The Kier molecular flexibility index (Phi) is 10.1. The molecule has 0 radical (unpaired) electrons. The van der Waals surface area contributed by atoms with Crippen LogP contribution in [0.3, 0.4) is 0 Å². The second-order valence-corrected chi connectivity index (χ2v) is 13.7. The number of likely N-dealkylation sites (tertiary alicyclic amines) is 3. The molecule has 0 spiro atoms. The molecule has 3 aliphatic heterocycles. The summed E-state index contributed by atoms with van der Waals surface area (Å²) in [6.45, 7) is 3.07. The van der Waals surface area contributed by atoms with Crippen molar-refractivity contribution in [2.45, 2.75) is 153 Å². The van der Waals surface area contributed by atoms with Crippen molar-refractivity contribution >= 4 is 17.5 Å². The Bertz CT molecular complexity index is 1060. The van der Waals surface area contributed by atoms with Crippen LogP contribution in [-0.2, 0) is 0 Å². The summed E-state index contributed by atoms with van der Waals surface area (Å²) in [5.74, 6) is 2.91. The molecule has 12 nitrogen and oxygen atoms in total. The van der Waals surface area contributed by atoms with E-state index in [1.165, 1.54) is 96.3 Å². The Morgan fingerprint density at radius 3 is 0.978 bits per heavy atom. The highest BCUT2D eigenvalue weighted by Crippen LogP contribution is 2.30. The van der Waals surface area contributed by atoms with Gasteiger partial charge in [0, 0.05) is 57.0 Å². The van der Waals surface area contributed by atoms with E-state index < -0.39 is 0 Å². The molecule has 45 heavy (non-hydrogen) atoms. The number of nitrogens with zero attached hydrogens (tertiary/aromatic N) is 9. The third-order valence-electron chi connectivity index (χ3n) is 10.7. The maximum Gasteiger partial charge on any atom is 0.355 e. The van der Waals surface area contributed by atoms with Crippen LogP contribution in [0.2, 0.25) is 0 Å². The largest absolute Gasteiger partial charge is 0.355 e. The molecular formula is C33H51N9O3. The van der Waals surface area contributed by atoms with Crippen molar-refractivity contribution in [1.29, 1.82) is 0 Å². The van der Waals surface area contributed by atoms with E-state index in [-0.39, 0.29) is 18.0 Å². The van der Waals surface area contributed by atoms with E-state index >= 15 is 0 Å². The van der Waals surface area contributed by atoms with Gasteiger partial charge >= 0.3 is 18.0 Å². The molecular weight excluding hydrogens is 570 g/mol. The normalized spacial score (nSPS) is 26.9. The second kappa shape index (κ2) is 14.9. The first kappa shape index (κ1) is 30.5. The van der Waals surface area contributed by atoms with Crippen LogP contribution in [0.1, 0.15) is 135 Å². The van der Waals surface area contributed by atoms with E-state index in [4.69, 9.17) is 14.5 Å². The van der Waals surface area contributed by atoms with Crippen LogP contribution in [0, 0.1) is 0 Å². The standard InChI is InChI=1S/C33H51N9O3/c1-4-13-25(14-5-1)40-22-10-19-28(40)37-43-31-34-32(44-38-29-20-11-23-41(29)26-15-6-2-7-16-26)36-33(35-31)45-39-30-21-12-24-42(30)27-17-8-3-9-18-27/h25-27H,1-24H2. The van der Waals surface area contributed by atoms with Gasteiger partial charge in [0.2, 0.25) is 0 Å². The first-order valence-corrected chi connectivity index (χ1v) is 18.1. The van der Waals surface area contributed by atoms with Gasteiger partial charge in [-0.2, -0.15) is 0 Å². The maximum atomic E-state index is 5.87. The third-order valence-corrected chi connectivity index (χ3v) is 10.7. The van der Waals surface area contributed by atoms with Gasteiger partial charge in [-0.1, -0.05) is 73.3 Å². The van der Waals surface area contributed by atoms with Gasteiger partial charge in [0.15, 0.2) is 0 Å². The Labute approximate surface area is 267 Å². The summed E-state index contributed by atoms with van der Waals surface area (Å²) in [6, 6.07) is 1.73. The highest BCUT2D eigenvalue weighted by atomic mass is 16.7. The van der Waals surface area contributed by atoms with Crippen molar-refractivity contribution in [2.75, 3.05) is 19.6 Å². The molecule has 0 bridgehead atoms. The molecule has 0 N–H and O–H groups in total. The van der Waals surface area contributed by atoms with Crippen molar-refractivity contribution in [2.24, 2.45) is 15.5 Å². The summed E-state index contributed by atoms with van der Waals surface area (Å²) in [5.41, 5.74) is 0. The summed E-state index contributed by atoms with van der Waals surface area (Å²) in [4.78, 5) is 38.2. The molecule has 0 atom stereocenters. The summed E-state index contributed by atoms with van der Waals surface area (Å²) in [5, 5.41) is 13.6. The van der Waals surface area contributed by atoms with Gasteiger partial charge in [0.1, 0.15) is 17.5 Å². The zero-order valence-corrected chi connectivity index (χ0v) is 27.0. The van der Waals surface area contributed by atoms with Crippen molar-refractivity contribution in [3.8, 4) is 18.0 Å². The number of hydrogen-bond donors (Lipinski definition) is 0. The number of hydrogen-bond acceptors (Lipinski definition) is 9. The topological polar surface area (TPSA) is 113 Å². The fourth-order valence-electron chi connectivity index (χ4n) is 8.42. The lowest BCUT2D eigenvalue weighted by molar-refractivity contribution is 0.222. The smallest absolute Gasteiger partial charge is 0.354 e. The monoisotopic (exact) mass is 621 g/mol. The second-order valence-electron chi connectivity index (χ2n) is 13.7. The minimum atomic E-state index is 0.0320. The van der Waals surface area contributed by atoms with E-state index in [0.717, 1.165) is 75.7 Å². The van der Waals surface area contributed by atoms with Gasteiger partial charge in [-0.25, -0.2) is 0 Å². The molecule has 6 aliphatic rings. The third kappa shape index (κ3) is 7.62. The quantitative estimate of drug-likeness (QED) is 0.296. The van der Waals surface area contributed by atoms with Crippen LogP contribution in [0.4, 0.5) is 0 Å². The Morgan fingerprint density at radius 1 is 0.400 bits per heavy atom. The van der Waals surface area contributed by atoms with Gasteiger partial charge in [-0.05, 0) is 57.8 Å². The van der Waals surface area contributed by atoms with Crippen molar-refractivity contribution < 1.29 is 14.5 Å². The molecule has 7 rings (SSSR count). The van der Waals surface area contributed by atoms with E-state index in [1.807, 2.05) is 0 Å². The summed E-state index contributed by atoms with van der Waals surface area (Å²) in [7, 11) is 0. The highest BCUT2D eigenvalue weighted by molar-refractivity contribution is 5.85. The first-order valence-electron chi connectivity index (χ1n) is 18.1. The van der Waals surface area contributed by atoms with Gasteiger partial charge in [-0.15, -0.1) is 15.0 Å². The fraction of sp³-hybridized carbons (Fsp3) is 0.818. The Morgan fingerprint density at radius 2 is 0.689 bits per heavy atom. The highest BCUT2D eigenvalue weighted by Gasteiger charge is 2.31. The molecule has 4 heterocycles. The van der Waals surface area contributed by atoms with Gasteiger partial charge in [0.05, 0.1) is 0 Å². The SMILES string of the molecule is C1CCC(N2CCCC2=NOc2nc(ON=C3CCCN3C3CCCCC3)nc(ON=C3CCCN3C3CCCCC3)n2)CC1. The molecule has 0 aromatic carbocycles. The maximum absolute atomic E-state index is 5.87. The molecule has 1 aromatic heterocycles. The lowest BCUT2D eigenvalue weighted by atomic mass is 9.94. The van der Waals surface area contributed by atoms with Crippen LogP contribution in [0.25, 0.3) is 0 Å². The fourth-order valence-corrected chi connectivity index (χ4v) is 8.42. The lowest BCUT2D eigenvalue weighted by Gasteiger charge is -2.32. The average Bonchev–Trinajstić information content (AvgIpc) is 3.88. The van der Waals surface area contributed by atoms with E-state index in [9.17, 15) is 0 Å². The van der Waals surface area contributed by atoms with Crippen LogP contribution in [0.5, 0.6) is 18.0 Å². The summed E-state index contributed by atoms with van der Waals surface area (Å²) < 4.78 is 0. The molecule has 0 amide bonds. The number of amidine groups is 3. The Balaban J connectivity index is 1.09. The average molecular weight is 622 g/mol. The molecule has 6 fully saturated rings. The predicted octanol–water partition coefficient (Wildman–Crippen LogP) is 6.23. The van der Waals surface area contributed by atoms with Gasteiger partial charge in [0.25, 0.3) is 0 Å². The molecule has 12 heteroatoms. The van der Waals surface area contributed by atoms with Crippen LogP contribution in [-0.4, -0.2) is 84.9 Å². The summed E-state index contributed by atoms with van der Waals surface area (Å²) >= 11 is 0. The molecule has 0 unspecified atom stereocenters. The van der Waals surface area contributed by atoms with Crippen molar-refractivity contribution in [3.63, 3.8) is 0 Å². The zero-order valence-electron chi connectivity index (χ0n) is 27.0. The first-order chi connectivity index (χ1) is 22.3. The van der Waals surface area contributed by atoms with E-state index in [1.54, 1.807) is 0 Å². The van der Waals surface area contributed by atoms with Crippen molar-refractivity contribution in [3.05, 3.63) is 0 Å². The number of rotatable bonds is 9. The number of oxime groups is 3. The lowest BCUT2D eigenvalue weighted by Crippen LogP contribution is -2.38. The van der Waals surface area contributed by atoms with E-state index in [0.29, 0.717) is 18.1 Å². The van der Waals surface area contributed by atoms with Crippen LogP contribution < -0.4 is 14.5 Å². The molecule has 3 saturated heterocycles. The van der Waals surface area contributed by atoms with Crippen LogP contribution in [0.15, 0.2) is 15.5 Å². The molecule has 1 aromatic rings. The van der Waals surface area contributed by atoms with Crippen molar-refractivity contribution in [1.82, 2.24) is 29.7 Å². The minimum Gasteiger partial charge on any atom is -0.354 e. The minimum absolute atomic E-state index is 0.0320. The Hall–Kier alpha value is -3.18. The predicted molar refractivity (Wildman–Crippen MR) is 172 cm³/mol. The summed E-state index contributed by atoms with van der Waals surface area (Å²) in [6.07, 6.45) is 24.9. The number of aromatic nitrogens is 3. The van der Waals surface area contributed by atoms with Gasteiger partial charge in [-0.3, -0.25) is 0 Å². The molecule has 3 aliphatic carbocycles. The molecule has 246 valence electrons. The zero-order chi connectivity index (χ0) is 30.3. The van der Waals surface area contributed by atoms with E-state index in [2.05, 4.69) is 45.1 Å². The molecule has 3 saturated carbocycles.